The molecule has 0 bridgehead atoms. The Morgan fingerprint density at radius 2 is 1.56 bits per heavy atom. The Morgan fingerprint density at radius 3 is 2.23 bits per heavy atom. The Bertz CT molecular complexity index is 1680. The van der Waals surface area contributed by atoms with Crippen LogP contribution in [0.2, 0.25) is 10.3 Å². The van der Waals surface area contributed by atoms with E-state index in [1.54, 1.807) is 27.7 Å². The number of benzene rings is 1. The third-order valence-electron chi connectivity index (χ3n) is 9.20. The van der Waals surface area contributed by atoms with Gasteiger partial charge in [0, 0.05) is 43.4 Å². The van der Waals surface area contributed by atoms with Crippen LogP contribution in [0.25, 0.3) is 10.8 Å². The number of ether oxygens (including phenoxy) is 1. The number of hydrogen-bond donors (Lipinski definition) is 3. The van der Waals surface area contributed by atoms with Gasteiger partial charge in [-0.2, -0.15) is 10.2 Å². The molecule has 0 aliphatic carbocycles. The lowest BCUT2D eigenvalue weighted by atomic mass is 9.94. The Labute approximate surface area is 291 Å². The minimum Gasteiger partial charge on any atom is -0.464 e. The average Bonchev–Trinajstić information content (AvgIpc) is 3.67. The topological polar surface area (TPSA) is 145 Å². The molecule has 2 fully saturated rings. The van der Waals surface area contributed by atoms with Crippen molar-refractivity contribution in [1.82, 2.24) is 40.1 Å². The van der Waals surface area contributed by atoms with Crippen LogP contribution in [-0.4, -0.2) is 81.7 Å². The van der Waals surface area contributed by atoms with Crippen LogP contribution in [0.15, 0.2) is 42.6 Å². The molecule has 0 atom stereocenters. The van der Waals surface area contributed by atoms with Crippen LogP contribution in [0.5, 0.6) is 0 Å². The number of nitrogens with two attached hydrogens (primary N) is 1. The minimum atomic E-state index is -0.447. The Balaban J connectivity index is 0.000000214. The summed E-state index contributed by atoms with van der Waals surface area (Å²) in [5.41, 5.74) is 7.49. The first-order valence-electron chi connectivity index (χ1n) is 16.6. The second-order valence-electron chi connectivity index (χ2n) is 12.6. The number of amides is 1. The Morgan fingerprint density at radius 1 is 0.938 bits per heavy atom. The summed E-state index contributed by atoms with van der Waals surface area (Å²) in [4.78, 5) is 30.3. The maximum absolute atomic E-state index is 12.6. The molecule has 48 heavy (non-hydrogen) atoms. The summed E-state index contributed by atoms with van der Waals surface area (Å²) in [6, 6.07) is 11.0. The fourth-order valence-electron chi connectivity index (χ4n) is 6.18. The quantitative estimate of drug-likeness (QED) is 0.194. The number of methoxy groups -OCH3 is 1. The lowest BCUT2D eigenvalue weighted by Crippen LogP contribution is -2.30. The van der Waals surface area contributed by atoms with Gasteiger partial charge in [-0.25, -0.2) is 9.78 Å². The van der Waals surface area contributed by atoms with Gasteiger partial charge in [0.15, 0.2) is 11.4 Å². The van der Waals surface area contributed by atoms with Crippen LogP contribution in [0, 0.1) is 11.8 Å². The van der Waals surface area contributed by atoms with E-state index in [0.29, 0.717) is 40.2 Å². The molecule has 12 nitrogen and oxygen atoms in total. The highest BCUT2D eigenvalue weighted by Gasteiger charge is 2.19. The van der Waals surface area contributed by atoms with Crippen LogP contribution >= 0.6 is 23.2 Å². The maximum Gasteiger partial charge on any atom is 0.358 e. The standard InChI is InChI=1S/C22H27ClN6O.C12H18ClN3O2/c1-28-9-5-15(6-10-28)7-11-29-20(23)13-19(27-29)22(30)26-14-16-2-3-18-17(12-16)4-8-25-21(18)24;1-18-12(17)10-8-11(13)16(15-10)7-4-9-2-5-14-6-3-9/h2-4,8,12-13,15H,5-7,9-11,14H2,1H3,(H2,24,25)(H,26,30);8-9,14H,2-7H2,1H3. The van der Waals surface area contributed by atoms with E-state index in [9.17, 15) is 9.59 Å². The lowest BCUT2D eigenvalue weighted by Gasteiger charge is -2.28. The number of anilines is 1. The Kier molecular flexibility index (Phi) is 12.7. The van der Waals surface area contributed by atoms with Crippen LogP contribution in [0.3, 0.4) is 0 Å². The van der Waals surface area contributed by atoms with Gasteiger partial charge in [0.2, 0.25) is 0 Å². The largest absolute Gasteiger partial charge is 0.464 e. The van der Waals surface area contributed by atoms with Crippen molar-refractivity contribution in [3.63, 3.8) is 0 Å². The first-order chi connectivity index (χ1) is 23.2. The molecule has 2 saturated heterocycles. The monoisotopic (exact) mass is 697 g/mol. The van der Waals surface area contributed by atoms with E-state index < -0.39 is 5.97 Å². The fraction of sp³-hybridized carbons (Fsp3) is 0.500. The van der Waals surface area contributed by atoms with Gasteiger partial charge < -0.3 is 26.0 Å². The van der Waals surface area contributed by atoms with Crippen molar-refractivity contribution < 1.29 is 14.3 Å². The molecule has 5 heterocycles. The third kappa shape index (κ3) is 9.68. The summed E-state index contributed by atoms with van der Waals surface area (Å²) in [7, 11) is 3.50. The second-order valence-corrected chi connectivity index (χ2v) is 13.4. The zero-order chi connectivity index (χ0) is 34.0. The van der Waals surface area contributed by atoms with Crippen LogP contribution in [-0.2, 0) is 24.4 Å². The van der Waals surface area contributed by atoms with Gasteiger partial charge >= 0.3 is 5.97 Å². The zero-order valence-electron chi connectivity index (χ0n) is 27.6. The summed E-state index contributed by atoms with van der Waals surface area (Å²) >= 11 is 12.4. The number of likely N-dealkylation sites (tertiary alicyclic amines) is 1. The number of halogens is 2. The lowest BCUT2D eigenvalue weighted by molar-refractivity contribution is 0.0592. The number of rotatable bonds is 10. The number of carbonyl (C=O) groups excluding carboxylic acids is 2. The number of nitrogens with one attached hydrogen (secondary N) is 2. The molecule has 2 aliphatic rings. The van der Waals surface area contributed by atoms with E-state index in [1.165, 1.54) is 32.8 Å². The molecule has 3 aromatic heterocycles. The van der Waals surface area contributed by atoms with Crippen molar-refractivity contribution in [3.05, 3.63) is 69.9 Å². The number of pyridine rings is 1. The average molecular weight is 699 g/mol. The number of esters is 1. The minimum absolute atomic E-state index is 0.232. The number of hydrogen-bond acceptors (Lipinski definition) is 9. The van der Waals surface area contributed by atoms with Crippen LogP contribution in [0.4, 0.5) is 5.82 Å². The summed E-state index contributed by atoms with van der Waals surface area (Å²) in [6.45, 7) is 6.35. The van der Waals surface area contributed by atoms with E-state index in [0.717, 1.165) is 68.4 Å². The molecule has 1 amide bonds. The number of nitrogen functional groups attached to an aromatic ring is 1. The molecule has 0 radical (unpaired) electrons. The molecule has 0 spiro atoms. The number of aryl methyl sites for hydroxylation is 2. The second kappa shape index (κ2) is 17.1. The van der Waals surface area contributed by atoms with Crippen molar-refractivity contribution in [1.29, 1.82) is 0 Å². The van der Waals surface area contributed by atoms with Crippen molar-refractivity contribution in [2.75, 3.05) is 46.1 Å². The molecule has 4 aromatic rings. The van der Waals surface area contributed by atoms with E-state index in [-0.39, 0.29) is 11.6 Å². The van der Waals surface area contributed by atoms with Crippen molar-refractivity contribution in [3.8, 4) is 0 Å². The number of carbonyl (C=O) groups is 2. The van der Waals surface area contributed by atoms with Gasteiger partial charge in [-0.05, 0) is 107 Å². The zero-order valence-corrected chi connectivity index (χ0v) is 29.1. The normalized spacial score (nSPS) is 16.0. The van der Waals surface area contributed by atoms with Crippen molar-refractivity contribution in [2.24, 2.45) is 11.8 Å². The summed E-state index contributed by atoms with van der Waals surface area (Å²) in [5.74, 6) is 1.23. The van der Waals surface area contributed by atoms with Gasteiger partial charge in [0.05, 0.1) is 7.11 Å². The predicted octanol–water partition coefficient (Wildman–Crippen LogP) is 5.04. The van der Waals surface area contributed by atoms with E-state index in [2.05, 4.69) is 42.5 Å². The first kappa shape index (κ1) is 35.6. The van der Waals surface area contributed by atoms with Gasteiger partial charge in [0.1, 0.15) is 16.1 Å². The van der Waals surface area contributed by atoms with Crippen molar-refractivity contribution in [2.45, 2.75) is 58.2 Å². The molecule has 1 aromatic carbocycles. The smallest absolute Gasteiger partial charge is 0.358 e. The molecule has 0 unspecified atom stereocenters. The molecule has 6 rings (SSSR count). The van der Waals surface area contributed by atoms with Gasteiger partial charge in [0.25, 0.3) is 5.91 Å². The first-order valence-corrected chi connectivity index (χ1v) is 17.3. The van der Waals surface area contributed by atoms with Gasteiger partial charge in [-0.15, -0.1) is 0 Å². The Hall–Kier alpha value is -3.71. The summed E-state index contributed by atoms with van der Waals surface area (Å²) < 4.78 is 8.03. The highest BCUT2D eigenvalue weighted by molar-refractivity contribution is 6.30. The fourth-order valence-corrected chi connectivity index (χ4v) is 6.63. The van der Waals surface area contributed by atoms with Gasteiger partial charge in [-0.1, -0.05) is 35.3 Å². The SMILES string of the molecule is CN1CCC(CCn2nc(C(=O)NCc3ccc4c(N)nccc4c3)cc2Cl)CC1.COC(=O)c1cc(Cl)n(CCC2CCNCC2)n1. The number of nitrogens with zero attached hydrogens (tertiary/aromatic N) is 6. The molecule has 14 heteroatoms. The molecule has 0 saturated carbocycles. The highest BCUT2D eigenvalue weighted by Crippen LogP contribution is 2.23. The maximum atomic E-state index is 12.6. The van der Waals surface area contributed by atoms with Crippen LogP contribution in [0.1, 0.15) is 65.1 Å². The van der Waals surface area contributed by atoms with Gasteiger partial charge in [-0.3, -0.25) is 14.2 Å². The summed E-state index contributed by atoms with van der Waals surface area (Å²) in [6.07, 6.45) is 8.56. The van der Waals surface area contributed by atoms with E-state index >= 15 is 0 Å². The van der Waals surface area contributed by atoms with E-state index in [1.807, 2.05) is 24.3 Å². The molecule has 258 valence electrons. The van der Waals surface area contributed by atoms with E-state index in [4.69, 9.17) is 28.9 Å². The predicted molar refractivity (Wildman–Crippen MR) is 188 cm³/mol. The number of fused-ring (bicyclic) bond motifs is 1. The highest BCUT2D eigenvalue weighted by atomic mass is 35.5. The molecular weight excluding hydrogens is 653 g/mol. The van der Waals surface area contributed by atoms with Crippen molar-refractivity contribution >= 4 is 51.7 Å². The summed E-state index contributed by atoms with van der Waals surface area (Å²) in [5, 5.41) is 17.7. The molecule has 4 N–H and O–H groups in total. The number of piperidine rings is 2. The third-order valence-corrected chi connectivity index (χ3v) is 9.81. The number of aromatic nitrogens is 5. The van der Waals surface area contributed by atoms with Crippen LogP contribution < -0.4 is 16.4 Å². The molecule has 2 aliphatic heterocycles. The molecular formula is C34H45Cl2N9O3.